The average molecular weight is 257 g/mol. The van der Waals surface area contributed by atoms with Crippen molar-refractivity contribution in [2.75, 3.05) is 6.54 Å². The van der Waals surface area contributed by atoms with E-state index in [-0.39, 0.29) is 0 Å². The lowest BCUT2D eigenvalue weighted by atomic mass is 10.0. The summed E-state index contributed by atoms with van der Waals surface area (Å²) in [5.41, 5.74) is 4.27. The molecule has 0 saturated heterocycles. The lowest BCUT2D eigenvalue weighted by molar-refractivity contribution is 0.581. The molecule has 0 amide bonds. The lowest BCUT2D eigenvalue weighted by Crippen LogP contribution is -2.24. The first-order chi connectivity index (χ1) is 8.78. The minimum Gasteiger partial charge on any atom is -0.312 e. The highest BCUT2D eigenvalue weighted by molar-refractivity contribution is 7.15. The fourth-order valence-electron chi connectivity index (χ4n) is 2.56. The molecule has 1 aliphatic heterocycles. The van der Waals surface area contributed by atoms with E-state index in [1.165, 1.54) is 21.6 Å². The van der Waals surface area contributed by atoms with Crippen molar-refractivity contribution in [1.29, 1.82) is 0 Å². The Kier molecular flexibility index (Phi) is 3.23. The molecule has 1 aliphatic rings. The van der Waals surface area contributed by atoms with E-state index in [2.05, 4.69) is 49.5 Å². The molecule has 1 unspecified atom stereocenters. The molecule has 0 fully saturated rings. The van der Waals surface area contributed by atoms with Gasteiger partial charge in [0.2, 0.25) is 0 Å². The predicted molar refractivity (Wildman–Crippen MR) is 79.3 cm³/mol. The van der Waals surface area contributed by atoms with Crippen molar-refractivity contribution >= 4 is 11.3 Å². The molecule has 1 aromatic carbocycles. The van der Waals surface area contributed by atoms with Crippen LogP contribution in [-0.2, 0) is 13.0 Å². The van der Waals surface area contributed by atoms with E-state index in [4.69, 9.17) is 0 Å². The summed E-state index contributed by atoms with van der Waals surface area (Å²) >= 11 is 1.97. The van der Waals surface area contributed by atoms with Crippen molar-refractivity contribution in [3.05, 3.63) is 46.3 Å². The molecule has 0 aliphatic carbocycles. The summed E-state index contributed by atoms with van der Waals surface area (Å²) < 4.78 is 0. The molecule has 0 radical (unpaired) electrons. The molecule has 1 nitrogen and oxygen atoms in total. The Balaban J connectivity index is 1.96. The van der Waals surface area contributed by atoms with Crippen LogP contribution >= 0.6 is 11.3 Å². The van der Waals surface area contributed by atoms with Crippen molar-refractivity contribution in [2.24, 2.45) is 0 Å². The number of hydrogen-bond donors (Lipinski definition) is 1. The third-order valence-electron chi connectivity index (χ3n) is 3.70. The average Bonchev–Trinajstić information content (AvgIpc) is 2.84. The summed E-state index contributed by atoms with van der Waals surface area (Å²) in [5, 5.41) is 3.48. The van der Waals surface area contributed by atoms with E-state index in [1.807, 2.05) is 11.3 Å². The maximum atomic E-state index is 3.48. The fraction of sp³-hybridized carbons (Fsp3) is 0.375. The van der Waals surface area contributed by atoms with Gasteiger partial charge in [0.25, 0.3) is 0 Å². The Morgan fingerprint density at radius 1 is 1.28 bits per heavy atom. The largest absolute Gasteiger partial charge is 0.312 e. The first kappa shape index (κ1) is 11.9. The first-order valence-corrected chi connectivity index (χ1v) is 7.52. The fourth-order valence-corrected chi connectivity index (χ4v) is 3.80. The van der Waals surface area contributed by atoms with Gasteiger partial charge in [-0.15, -0.1) is 11.3 Å². The van der Waals surface area contributed by atoms with Crippen molar-refractivity contribution in [3.8, 4) is 10.4 Å². The third kappa shape index (κ3) is 2.11. The number of nitrogens with one attached hydrogen (secondary N) is 1. The normalized spacial score (nSPS) is 18.7. The standard InChI is InChI=1S/C16H19NS/c1-3-12-4-6-13(7-5-12)15-8-14-10-17-9-11(2)16(14)18-15/h4-8,11,17H,3,9-10H2,1-2H3. The molecular formula is C16H19NS. The molecule has 0 spiro atoms. The van der Waals surface area contributed by atoms with Gasteiger partial charge in [0.15, 0.2) is 0 Å². The summed E-state index contributed by atoms with van der Waals surface area (Å²) in [6, 6.07) is 11.4. The highest BCUT2D eigenvalue weighted by Crippen LogP contribution is 2.37. The quantitative estimate of drug-likeness (QED) is 0.851. The summed E-state index contributed by atoms with van der Waals surface area (Å²) in [7, 11) is 0. The maximum Gasteiger partial charge on any atom is 0.0349 e. The highest BCUT2D eigenvalue weighted by Gasteiger charge is 2.19. The van der Waals surface area contributed by atoms with E-state index in [0.717, 1.165) is 19.5 Å². The highest BCUT2D eigenvalue weighted by atomic mass is 32.1. The van der Waals surface area contributed by atoms with Gasteiger partial charge in [-0.1, -0.05) is 38.1 Å². The zero-order valence-corrected chi connectivity index (χ0v) is 11.8. The van der Waals surface area contributed by atoms with E-state index in [0.29, 0.717) is 5.92 Å². The number of fused-ring (bicyclic) bond motifs is 1. The van der Waals surface area contributed by atoms with Crippen molar-refractivity contribution in [3.63, 3.8) is 0 Å². The van der Waals surface area contributed by atoms with Crippen LogP contribution in [0.5, 0.6) is 0 Å². The summed E-state index contributed by atoms with van der Waals surface area (Å²) in [6.07, 6.45) is 1.11. The molecular weight excluding hydrogens is 238 g/mol. The van der Waals surface area contributed by atoms with Crippen LogP contribution in [0.25, 0.3) is 10.4 Å². The van der Waals surface area contributed by atoms with Gasteiger partial charge >= 0.3 is 0 Å². The van der Waals surface area contributed by atoms with Gasteiger partial charge in [0.1, 0.15) is 0 Å². The van der Waals surface area contributed by atoms with Crippen LogP contribution in [0.4, 0.5) is 0 Å². The van der Waals surface area contributed by atoms with Crippen molar-refractivity contribution in [1.82, 2.24) is 5.32 Å². The van der Waals surface area contributed by atoms with Crippen molar-refractivity contribution < 1.29 is 0 Å². The predicted octanol–water partition coefficient (Wildman–Crippen LogP) is 4.18. The van der Waals surface area contributed by atoms with E-state index >= 15 is 0 Å². The topological polar surface area (TPSA) is 12.0 Å². The molecule has 18 heavy (non-hydrogen) atoms. The number of benzene rings is 1. The molecule has 1 N–H and O–H groups in total. The molecule has 0 saturated carbocycles. The molecule has 3 rings (SSSR count). The Morgan fingerprint density at radius 3 is 2.72 bits per heavy atom. The molecule has 94 valence electrons. The van der Waals surface area contributed by atoms with Gasteiger partial charge in [-0.25, -0.2) is 0 Å². The number of rotatable bonds is 2. The Hall–Kier alpha value is -1.12. The summed E-state index contributed by atoms with van der Waals surface area (Å²) in [5.74, 6) is 0.655. The van der Waals surface area contributed by atoms with Crippen LogP contribution in [-0.4, -0.2) is 6.54 Å². The van der Waals surface area contributed by atoms with Gasteiger partial charge in [-0.2, -0.15) is 0 Å². The second kappa shape index (κ2) is 4.87. The van der Waals surface area contributed by atoms with Gasteiger partial charge in [0, 0.05) is 28.8 Å². The number of thiophene rings is 1. The lowest BCUT2D eigenvalue weighted by Gasteiger charge is -2.18. The van der Waals surface area contributed by atoms with Crippen LogP contribution < -0.4 is 5.32 Å². The molecule has 1 aromatic heterocycles. The number of aryl methyl sites for hydroxylation is 1. The zero-order valence-electron chi connectivity index (χ0n) is 11.0. The SMILES string of the molecule is CCc1ccc(-c2cc3c(s2)C(C)CNC3)cc1. The third-order valence-corrected chi connectivity index (χ3v) is 5.16. The van der Waals surface area contributed by atoms with Gasteiger partial charge in [-0.3, -0.25) is 0 Å². The van der Waals surface area contributed by atoms with Crippen LogP contribution in [0.2, 0.25) is 0 Å². The molecule has 1 atom stereocenters. The smallest absolute Gasteiger partial charge is 0.0349 e. The Bertz CT molecular complexity index is 539. The second-order valence-electron chi connectivity index (χ2n) is 5.08. The van der Waals surface area contributed by atoms with Gasteiger partial charge in [-0.05, 0) is 29.2 Å². The zero-order chi connectivity index (χ0) is 12.5. The Morgan fingerprint density at radius 2 is 2.06 bits per heavy atom. The molecule has 2 heterocycles. The summed E-state index contributed by atoms with van der Waals surface area (Å²) in [6.45, 7) is 6.66. The van der Waals surface area contributed by atoms with E-state index in [1.54, 1.807) is 4.88 Å². The Labute approximate surface area is 113 Å². The van der Waals surface area contributed by atoms with Crippen LogP contribution in [0.3, 0.4) is 0 Å². The minimum atomic E-state index is 0.655. The first-order valence-electron chi connectivity index (χ1n) is 6.70. The van der Waals surface area contributed by atoms with E-state index in [9.17, 15) is 0 Å². The van der Waals surface area contributed by atoms with Crippen molar-refractivity contribution in [2.45, 2.75) is 32.7 Å². The maximum absolute atomic E-state index is 3.48. The van der Waals surface area contributed by atoms with Gasteiger partial charge < -0.3 is 5.32 Å². The van der Waals surface area contributed by atoms with Gasteiger partial charge in [0.05, 0.1) is 0 Å². The summed E-state index contributed by atoms with van der Waals surface area (Å²) in [4.78, 5) is 2.99. The molecule has 2 aromatic rings. The minimum absolute atomic E-state index is 0.655. The van der Waals surface area contributed by atoms with Crippen LogP contribution in [0.1, 0.15) is 35.8 Å². The van der Waals surface area contributed by atoms with Crippen LogP contribution in [0.15, 0.2) is 30.3 Å². The second-order valence-corrected chi connectivity index (χ2v) is 6.17. The monoisotopic (exact) mass is 257 g/mol. The molecule has 0 bridgehead atoms. The van der Waals surface area contributed by atoms with E-state index < -0.39 is 0 Å². The molecule has 2 heteroatoms. The van der Waals surface area contributed by atoms with Crippen LogP contribution in [0, 0.1) is 0 Å². The number of hydrogen-bond acceptors (Lipinski definition) is 2.